The summed E-state index contributed by atoms with van der Waals surface area (Å²) in [7, 11) is 1.87. The fraction of sp³-hybridized carbons (Fsp3) is 0.630. The second-order valence-corrected chi connectivity index (χ2v) is 11.6. The smallest absolute Gasteiger partial charge is 0.228 e. The molecule has 1 saturated heterocycles. The van der Waals surface area contributed by atoms with Gasteiger partial charge in [-0.25, -0.2) is 17.6 Å². The topological polar surface area (TPSA) is 49.4 Å². The van der Waals surface area contributed by atoms with Gasteiger partial charge in [0, 0.05) is 36.6 Å². The number of nitrogens with one attached hydrogen (secondary N) is 1. The fourth-order valence-corrected chi connectivity index (χ4v) is 8.43. The van der Waals surface area contributed by atoms with Crippen molar-refractivity contribution in [2.75, 3.05) is 12.4 Å². The van der Waals surface area contributed by atoms with Crippen LogP contribution in [0.1, 0.15) is 65.7 Å². The number of anilines is 1. The SMILES string of the molecule is CC1=C2N(C)C(=O)CC[C@]2(C)[C@@H]2CC[C@]3(C)C(C(=O)Nc4c(F)cc(F)c(F)c4F)CC[C@H]3[C@@H]2C1. The molecule has 190 valence electrons. The van der Waals surface area contributed by atoms with E-state index in [1.807, 2.05) is 11.9 Å². The number of piperidine rings is 1. The molecule has 1 aliphatic heterocycles. The van der Waals surface area contributed by atoms with E-state index in [4.69, 9.17) is 0 Å². The van der Waals surface area contributed by atoms with Gasteiger partial charge < -0.3 is 10.2 Å². The van der Waals surface area contributed by atoms with Crippen LogP contribution in [0.3, 0.4) is 0 Å². The Morgan fingerprint density at radius 1 is 1.03 bits per heavy atom. The predicted molar refractivity (Wildman–Crippen MR) is 123 cm³/mol. The molecule has 4 nitrogen and oxygen atoms in total. The molecule has 1 aromatic rings. The zero-order chi connectivity index (χ0) is 25.4. The van der Waals surface area contributed by atoms with Crippen LogP contribution in [-0.4, -0.2) is 23.8 Å². The normalized spacial score (nSPS) is 36.6. The molecule has 6 atom stereocenters. The van der Waals surface area contributed by atoms with Gasteiger partial charge in [-0.3, -0.25) is 9.59 Å². The minimum atomic E-state index is -1.80. The number of likely N-dealkylation sites (tertiary alicyclic amines) is 1. The maximum Gasteiger partial charge on any atom is 0.228 e. The lowest BCUT2D eigenvalue weighted by Crippen LogP contribution is -2.54. The monoisotopic (exact) mass is 492 g/mol. The van der Waals surface area contributed by atoms with Crippen LogP contribution in [0.25, 0.3) is 0 Å². The van der Waals surface area contributed by atoms with E-state index in [-0.39, 0.29) is 28.7 Å². The van der Waals surface area contributed by atoms with Crippen LogP contribution in [0.15, 0.2) is 17.3 Å². The summed E-state index contributed by atoms with van der Waals surface area (Å²) in [6.07, 6.45) is 5.33. The van der Waals surface area contributed by atoms with Crippen molar-refractivity contribution in [1.82, 2.24) is 4.90 Å². The van der Waals surface area contributed by atoms with E-state index < -0.39 is 40.8 Å². The first-order valence-corrected chi connectivity index (χ1v) is 12.5. The Hall–Kier alpha value is -2.38. The fourth-order valence-electron chi connectivity index (χ4n) is 8.43. The number of nitrogens with zero attached hydrogens (tertiary/aromatic N) is 1. The molecule has 4 aliphatic rings. The van der Waals surface area contributed by atoms with Crippen molar-refractivity contribution in [3.63, 3.8) is 0 Å². The summed E-state index contributed by atoms with van der Waals surface area (Å²) in [5.74, 6) is -6.33. The third-order valence-corrected chi connectivity index (χ3v) is 9.99. The Balaban J connectivity index is 1.43. The minimum Gasteiger partial charge on any atom is -0.321 e. The Labute approximate surface area is 203 Å². The van der Waals surface area contributed by atoms with Crippen molar-refractivity contribution in [3.8, 4) is 0 Å². The van der Waals surface area contributed by atoms with E-state index >= 15 is 0 Å². The molecule has 5 rings (SSSR count). The van der Waals surface area contributed by atoms with Crippen molar-refractivity contribution in [3.05, 3.63) is 40.6 Å². The standard InChI is InChI=1S/C27H32F4N2O2/c1-13-11-14-15-5-6-17(25(35)32-23-19(29)12-18(28)21(30)22(23)31)26(15,2)9-7-16(14)27(3)10-8-20(34)33(4)24(13)27/h12,14-17H,5-11H2,1-4H3,(H,32,35)/t14-,15-,16+,17?,26-,27+/m0/s1. The number of fused-ring (bicyclic) bond motifs is 5. The Bertz CT molecular complexity index is 1150. The van der Waals surface area contributed by atoms with Gasteiger partial charge in [-0.15, -0.1) is 0 Å². The Morgan fingerprint density at radius 2 is 1.74 bits per heavy atom. The Morgan fingerprint density at radius 3 is 2.46 bits per heavy atom. The van der Waals surface area contributed by atoms with Gasteiger partial charge in [0.1, 0.15) is 5.69 Å². The summed E-state index contributed by atoms with van der Waals surface area (Å²) in [5.41, 5.74) is 1.01. The maximum atomic E-state index is 14.2. The summed E-state index contributed by atoms with van der Waals surface area (Å²) in [6, 6.07) is 0.250. The first-order valence-electron chi connectivity index (χ1n) is 12.5. The lowest BCUT2D eigenvalue weighted by molar-refractivity contribution is -0.137. The molecule has 3 fully saturated rings. The van der Waals surface area contributed by atoms with E-state index in [1.54, 1.807) is 0 Å². The zero-order valence-electron chi connectivity index (χ0n) is 20.6. The summed E-state index contributed by atoms with van der Waals surface area (Å²) in [4.78, 5) is 27.5. The zero-order valence-corrected chi connectivity index (χ0v) is 20.6. The average molecular weight is 493 g/mol. The Kier molecular flexibility index (Phi) is 5.61. The van der Waals surface area contributed by atoms with Crippen LogP contribution in [-0.2, 0) is 9.59 Å². The first kappa shape index (κ1) is 24.3. The van der Waals surface area contributed by atoms with E-state index in [0.29, 0.717) is 24.7 Å². The molecule has 2 saturated carbocycles. The van der Waals surface area contributed by atoms with Gasteiger partial charge in [0.15, 0.2) is 23.3 Å². The highest BCUT2D eigenvalue weighted by Crippen LogP contribution is 2.67. The number of benzene rings is 1. The number of hydrogen-bond donors (Lipinski definition) is 1. The van der Waals surface area contributed by atoms with Crippen LogP contribution in [0.4, 0.5) is 23.2 Å². The number of hydrogen-bond acceptors (Lipinski definition) is 2. The van der Waals surface area contributed by atoms with Gasteiger partial charge in [-0.1, -0.05) is 19.4 Å². The first-order chi connectivity index (χ1) is 16.4. The molecule has 0 radical (unpaired) electrons. The molecule has 2 amide bonds. The molecule has 3 aliphatic carbocycles. The highest BCUT2D eigenvalue weighted by Gasteiger charge is 2.61. The number of rotatable bonds is 2. The number of carbonyl (C=O) groups is 2. The van der Waals surface area contributed by atoms with Gasteiger partial charge in [0.25, 0.3) is 0 Å². The second kappa shape index (κ2) is 8.07. The lowest BCUT2D eigenvalue weighted by atomic mass is 9.48. The van der Waals surface area contributed by atoms with Crippen LogP contribution in [0, 0.1) is 57.8 Å². The summed E-state index contributed by atoms with van der Waals surface area (Å²) >= 11 is 0. The molecular weight excluding hydrogens is 460 g/mol. The third-order valence-electron chi connectivity index (χ3n) is 9.99. The lowest BCUT2D eigenvalue weighted by Gasteiger charge is -2.59. The largest absolute Gasteiger partial charge is 0.321 e. The van der Waals surface area contributed by atoms with Crippen molar-refractivity contribution in [2.24, 2.45) is 34.5 Å². The number of allylic oxidation sites excluding steroid dienone is 2. The van der Waals surface area contributed by atoms with Gasteiger partial charge >= 0.3 is 0 Å². The van der Waals surface area contributed by atoms with Crippen molar-refractivity contribution < 1.29 is 27.2 Å². The highest BCUT2D eigenvalue weighted by molar-refractivity contribution is 5.93. The number of halogens is 4. The molecule has 35 heavy (non-hydrogen) atoms. The van der Waals surface area contributed by atoms with Crippen LogP contribution >= 0.6 is 0 Å². The maximum absolute atomic E-state index is 14.2. The molecule has 1 unspecified atom stereocenters. The van der Waals surface area contributed by atoms with Gasteiger partial charge in [-0.2, -0.15) is 0 Å². The second-order valence-electron chi connectivity index (χ2n) is 11.6. The average Bonchev–Trinajstić information content (AvgIpc) is 3.15. The number of carbonyl (C=O) groups excluding carboxylic acids is 2. The molecule has 0 spiro atoms. The van der Waals surface area contributed by atoms with E-state index in [9.17, 15) is 27.2 Å². The highest BCUT2D eigenvalue weighted by atomic mass is 19.2. The molecule has 8 heteroatoms. The number of amides is 2. The minimum absolute atomic E-state index is 0.0881. The summed E-state index contributed by atoms with van der Waals surface area (Å²) in [6.45, 7) is 6.48. The van der Waals surface area contributed by atoms with Crippen LogP contribution < -0.4 is 5.32 Å². The molecule has 1 aromatic carbocycles. The summed E-state index contributed by atoms with van der Waals surface area (Å²) in [5, 5.41) is 2.24. The van der Waals surface area contributed by atoms with E-state index in [0.717, 1.165) is 37.8 Å². The molecule has 1 heterocycles. The van der Waals surface area contributed by atoms with Crippen molar-refractivity contribution in [2.45, 2.75) is 65.7 Å². The quantitative estimate of drug-likeness (QED) is 0.305. The van der Waals surface area contributed by atoms with Crippen LogP contribution in [0.2, 0.25) is 0 Å². The predicted octanol–water partition coefficient (Wildman–Crippen LogP) is 6.18. The van der Waals surface area contributed by atoms with Gasteiger partial charge in [-0.05, 0) is 68.6 Å². The van der Waals surface area contributed by atoms with Crippen molar-refractivity contribution >= 4 is 17.5 Å². The molecular formula is C27H32F4N2O2. The molecule has 0 bridgehead atoms. The summed E-state index contributed by atoms with van der Waals surface area (Å²) < 4.78 is 55.4. The third kappa shape index (κ3) is 3.38. The van der Waals surface area contributed by atoms with E-state index in [1.165, 1.54) is 5.57 Å². The molecule has 0 aromatic heterocycles. The van der Waals surface area contributed by atoms with E-state index in [2.05, 4.69) is 26.1 Å². The van der Waals surface area contributed by atoms with Crippen LogP contribution in [0.5, 0.6) is 0 Å². The van der Waals surface area contributed by atoms with Crippen molar-refractivity contribution in [1.29, 1.82) is 0 Å². The van der Waals surface area contributed by atoms with Gasteiger partial charge in [0.05, 0.1) is 0 Å². The van der Waals surface area contributed by atoms with Gasteiger partial charge in [0.2, 0.25) is 11.8 Å². The molecule has 1 N–H and O–H groups in total.